The van der Waals surface area contributed by atoms with Crippen molar-refractivity contribution in [3.63, 3.8) is 0 Å². The fourth-order valence-corrected chi connectivity index (χ4v) is 3.44. The second-order valence-corrected chi connectivity index (χ2v) is 6.83. The van der Waals surface area contributed by atoms with E-state index in [1.807, 2.05) is 42.5 Å². The van der Waals surface area contributed by atoms with Crippen molar-refractivity contribution in [2.45, 2.75) is 6.42 Å². The molecule has 8 heteroatoms. The van der Waals surface area contributed by atoms with Gasteiger partial charge in [0.15, 0.2) is 0 Å². The minimum absolute atomic E-state index is 0.166. The van der Waals surface area contributed by atoms with Crippen LogP contribution in [0.3, 0.4) is 0 Å². The molecule has 0 spiro atoms. The number of nitro benzene ring substituents is 1. The molecular formula is C20H26N5O3+. The highest BCUT2D eigenvalue weighted by molar-refractivity contribution is 5.89. The van der Waals surface area contributed by atoms with E-state index in [-0.39, 0.29) is 16.6 Å². The number of nitrogens with zero attached hydrogens (tertiary/aromatic N) is 2. The lowest BCUT2D eigenvalue weighted by Gasteiger charge is -2.33. The summed E-state index contributed by atoms with van der Waals surface area (Å²) < 4.78 is 0. The molecule has 0 radical (unpaired) electrons. The Kier molecular flexibility index (Phi) is 6.80. The number of benzene rings is 2. The third kappa shape index (κ3) is 5.43. The predicted octanol–water partition coefficient (Wildman–Crippen LogP) is 1.51. The zero-order valence-corrected chi connectivity index (χ0v) is 15.8. The molecule has 0 unspecified atom stereocenters. The van der Waals surface area contributed by atoms with Crippen molar-refractivity contribution >= 4 is 23.1 Å². The molecule has 1 heterocycles. The summed E-state index contributed by atoms with van der Waals surface area (Å²) in [4.78, 5) is 26.3. The number of anilines is 2. The minimum Gasteiger partial charge on any atom is -0.355 e. The van der Waals surface area contributed by atoms with E-state index in [4.69, 9.17) is 0 Å². The van der Waals surface area contributed by atoms with Crippen molar-refractivity contribution in [2.75, 3.05) is 49.5 Å². The van der Waals surface area contributed by atoms with Crippen molar-refractivity contribution < 1.29 is 14.6 Å². The van der Waals surface area contributed by atoms with Crippen LogP contribution in [-0.2, 0) is 0 Å². The highest BCUT2D eigenvalue weighted by Crippen LogP contribution is 2.27. The fraction of sp³-hybridized carbons (Fsp3) is 0.350. The number of carbonyl (C=O) groups excluding carboxylic acids is 1. The van der Waals surface area contributed by atoms with E-state index in [0.717, 1.165) is 44.8 Å². The van der Waals surface area contributed by atoms with Gasteiger partial charge in [-0.1, -0.05) is 30.3 Å². The van der Waals surface area contributed by atoms with Crippen LogP contribution in [0.1, 0.15) is 6.42 Å². The van der Waals surface area contributed by atoms with Crippen LogP contribution >= 0.6 is 0 Å². The van der Waals surface area contributed by atoms with Crippen molar-refractivity contribution in [1.29, 1.82) is 0 Å². The Morgan fingerprint density at radius 3 is 2.46 bits per heavy atom. The largest absolute Gasteiger partial charge is 0.355 e. The number of piperazine rings is 1. The number of quaternary nitrogens is 1. The Labute approximate surface area is 164 Å². The summed E-state index contributed by atoms with van der Waals surface area (Å²) in [5.41, 5.74) is 1.64. The van der Waals surface area contributed by atoms with Gasteiger partial charge in [0.1, 0.15) is 5.69 Å². The maximum atomic E-state index is 11.9. The molecule has 0 aromatic heterocycles. The molecule has 0 saturated carbocycles. The lowest BCUT2D eigenvalue weighted by atomic mass is 10.2. The third-order valence-corrected chi connectivity index (χ3v) is 4.91. The molecule has 8 nitrogen and oxygen atoms in total. The molecule has 0 bridgehead atoms. The average molecular weight is 384 g/mol. The van der Waals surface area contributed by atoms with Crippen LogP contribution in [0.5, 0.6) is 0 Å². The quantitative estimate of drug-likeness (QED) is 0.383. The summed E-state index contributed by atoms with van der Waals surface area (Å²) in [6.07, 6.45) is 0.892. The molecule has 3 rings (SSSR count). The maximum absolute atomic E-state index is 11.9. The summed E-state index contributed by atoms with van der Waals surface area (Å²) in [5, 5.41) is 16.9. The molecule has 3 N–H and O–H groups in total. The first-order valence-corrected chi connectivity index (χ1v) is 9.55. The van der Waals surface area contributed by atoms with Gasteiger partial charge in [-0.05, 0) is 18.2 Å². The number of hydrogen-bond acceptors (Lipinski definition) is 4. The molecule has 1 saturated heterocycles. The highest BCUT2D eigenvalue weighted by atomic mass is 16.6. The number of nitrogens with one attached hydrogen (secondary N) is 3. The van der Waals surface area contributed by atoms with Gasteiger partial charge in [0, 0.05) is 24.7 Å². The second-order valence-electron chi connectivity index (χ2n) is 6.83. The third-order valence-electron chi connectivity index (χ3n) is 4.91. The smallest absolute Gasteiger partial charge is 0.319 e. The van der Waals surface area contributed by atoms with Gasteiger partial charge in [-0.15, -0.1) is 0 Å². The number of carbonyl (C=O) groups is 1. The van der Waals surface area contributed by atoms with Crippen LogP contribution in [0.15, 0.2) is 54.6 Å². The van der Waals surface area contributed by atoms with Crippen LogP contribution in [0.4, 0.5) is 21.9 Å². The van der Waals surface area contributed by atoms with E-state index < -0.39 is 0 Å². The van der Waals surface area contributed by atoms with E-state index in [1.54, 1.807) is 12.1 Å². The highest BCUT2D eigenvalue weighted by Gasteiger charge is 2.24. The Morgan fingerprint density at radius 1 is 1.07 bits per heavy atom. The normalized spacial score (nSPS) is 14.5. The Bertz CT molecular complexity index is 791. The Balaban J connectivity index is 1.36. The van der Waals surface area contributed by atoms with Gasteiger partial charge in [-0.25, -0.2) is 4.79 Å². The lowest BCUT2D eigenvalue weighted by molar-refractivity contribution is -0.900. The molecular weight excluding hydrogens is 358 g/mol. The SMILES string of the molecule is O=C(NCCC[NH+]1CCN(c2ccccc2[N+](=O)[O-])CC1)Nc1ccccc1. The lowest BCUT2D eigenvalue weighted by Crippen LogP contribution is -3.15. The molecule has 148 valence electrons. The number of rotatable bonds is 7. The average Bonchev–Trinajstić information content (AvgIpc) is 2.72. The van der Waals surface area contributed by atoms with Gasteiger partial charge >= 0.3 is 6.03 Å². The zero-order valence-electron chi connectivity index (χ0n) is 15.8. The number of amides is 2. The molecule has 1 aliphatic rings. The van der Waals surface area contributed by atoms with E-state index >= 15 is 0 Å². The Morgan fingerprint density at radius 2 is 1.75 bits per heavy atom. The molecule has 2 amide bonds. The first-order valence-electron chi connectivity index (χ1n) is 9.55. The van der Waals surface area contributed by atoms with Crippen LogP contribution in [0, 0.1) is 10.1 Å². The fourth-order valence-electron chi connectivity index (χ4n) is 3.44. The predicted molar refractivity (Wildman–Crippen MR) is 109 cm³/mol. The van der Waals surface area contributed by atoms with E-state index in [2.05, 4.69) is 15.5 Å². The number of para-hydroxylation sites is 3. The summed E-state index contributed by atoms with van der Waals surface area (Å²) in [7, 11) is 0. The molecule has 0 aliphatic carbocycles. The zero-order chi connectivity index (χ0) is 19.8. The first-order chi connectivity index (χ1) is 13.6. The molecule has 1 fully saturated rings. The van der Waals surface area contributed by atoms with Crippen LogP contribution < -0.4 is 20.4 Å². The van der Waals surface area contributed by atoms with Crippen molar-refractivity contribution in [3.05, 3.63) is 64.7 Å². The van der Waals surface area contributed by atoms with Crippen molar-refractivity contribution in [3.8, 4) is 0 Å². The monoisotopic (exact) mass is 384 g/mol. The summed E-state index contributed by atoms with van der Waals surface area (Å²) in [5.74, 6) is 0. The van der Waals surface area contributed by atoms with Crippen molar-refractivity contribution in [2.24, 2.45) is 0 Å². The van der Waals surface area contributed by atoms with Gasteiger partial charge in [-0.3, -0.25) is 10.1 Å². The molecule has 1 aliphatic heterocycles. The van der Waals surface area contributed by atoms with E-state index in [1.165, 1.54) is 4.90 Å². The minimum atomic E-state index is -0.319. The Hall–Kier alpha value is -3.13. The second kappa shape index (κ2) is 9.70. The summed E-state index contributed by atoms with van der Waals surface area (Å²) >= 11 is 0. The summed E-state index contributed by atoms with van der Waals surface area (Å²) in [6, 6.07) is 16.1. The van der Waals surface area contributed by atoms with Crippen molar-refractivity contribution in [1.82, 2.24) is 5.32 Å². The van der Waals surface area contributed by atoms with Gasteiger partial charge < -0.3 is 20.4 Å². The topological polar surface area (TPSA) is 92.0 Å². The van der Waals surface area contributed by atoms with Gasteiger partial charge in [-0.2, -0.15) is 0 Å². The summed E-state index contributed by atoms with van der Waals surface area (Å²) in [6.45, 7) is 5.04. The van der Waals surface area contributed by atoms with E-state index in [0.29, 0.717) is 12.2 Å². The molecule has 2 aromatic rings. The van der Waals surface area contributed by atoms with Crippen LogP contribution in [0.25, 0.3) is 0 Å². The van der Waals surface area contributed by atoms with E-state index in [9.17, 15) is 14.9 Å². The number of hydrogen-bond donors (Lipinski definition) is 3. The first kappa shape index (κ1) is 19.6. The van der Waals surface area contributed by atoms with Gasteiger partial charge in [0.2, 0.25) is 0 Å². The molecule has 28 heavy (non-hydrogen) atoms. The number of nitro groups is 1. The standard InChI is InChI=1S/C20H25N5O3/c26-20(22-17-7-2-1-3-8-17)21-11-6-12-23-13-15-24(16-14-23)18-9-4-5-10-19(18)25(27)28/h1-5,7-10H,6,11-16H2,(H2,21,22,26)/p+1. The maximum Gasteiger partial charge on any atom is 0.319 e. The molecule has 0 atom stereocenters. The van der Waals surface area contributed by atoms with Crippen LogP contribution in [-0.4, -0.2) is 50.2 Å². The van der Waals surface area contributed by atoms with Gasteiger partial charge in [0.25, 0.3) is 5.69 Å². The molecule has 2 aromatic carbocycles. The van der Waals surface area contributed by atoms with Crippen LogP contribution in [0.2, 0.25) is 0 Å². The number of urea groups is 1. The van der Waals surface area contributed by atoms with Gasteiger partial charge in [0.05, 0.1) is 37.6 Å².